The fourth-order valence-electron chi connectivity index (χ4n) is 1.47. The molecule has 0 heterocycles. The number of rotatable bonds is 5. The molecular formula is C12H15ClFNO5. The van der Waals surface area contributed by atoms with Crippen molar-refractivity contribution in [3.8, 4) is 5.75 Å². The number of aromatic hydroxyl groups is 1. The van der Waals surface area contributed by atoms with Gasteiger partial charge in [0.1, 0.15) is 11.3 Å². The average Bonchev–Trinajstić information content (AvgIpc) is 2.37. The molecule has 2 atom stereocenters. The predicted octanol–water partition coefficient (Wildman–Crippen LogP) is 1.41. The molecule has 0 aliphatic carbocycles. The number of ether oxygens (including phenoxy) is 1. The number of carbonyl (C=O) groups excluding carboxylic acids is 1. The van der Waals surface area contributed by atoms with Crippen LogP contribution < -0.4 is 5.73 Å². The lowest BCUT2D eigenvalue weighted by Crippen LogP contribution is -2.31. The SMILES string of the molecule is CCOC(=O)C(F)[C@@H](N)c1ccc(O)c(C(=O)O)c1.Cl. The van der Waals surface area contributed by atoms with Crippen molar-refractivity contribution in [2.24, 2.45) is 5.73 Å². The van der Waals surface area contributed by atoms with E-state index in [1.165, 1.54) is 13.0 Å². The average molecular weight is 308 g/mol. The van der Waals surface area contributed by atoms with Gasteiger partial charge in [0.05, 0.1) is 12.6 Å². The second-order valence-corrected chi connectivity index (χ2v) is 3.76. The summed E-state index contributed by atoms with van der Waals surface area (Å²) in [5.74, 6) is -2.95. The Morgan fingerprint density at radius 1 is 1.45 bits per heavy atom. The molecule has 0 spiro atoms. The maximum absolute atomic E-state index is 13.7. The second kappa shape index (κ2) is 7.66. The minimum atomic E-state index is -2.11. The van der Waals surface area contributed by atoms with Gasteiger partial charge >= 0.3 is 11.9 Å². The molecule has 1 unspecified atom stereocenters. The van der Waals surface area contributed by atoms with E-state index >= 15 is 0 Å². The van der Waals surface area contributed by atoms with E-state index in [4.69, 9.17) is 10.8 Å². The fraction of sp³-hybridized carbons (Fsp3) is 0.333. The summed E-state index contributed by atoms with van der Waals surface area (Å²) >= 11 is 0. The highest BCUT2D eigenvalue weighted by Crippen LogP contribution is 2.24. The van der Waals surface area contributed by atoms with E-state index in [1.54, 1.807) is 0 Å². The normalized spacial score (nSPS) is 12.9. The predicted molar refractivity (Wildman–Crippen MR) is 70.8 cm³/mol. The monoisotopic (exact) mass is 307 g/mol. The minimum Gasteiger partial charge on any atom is -0.507 e. The number of carboxylic acid groups (broad SMARTS) is 1. The molecule has 0 saturated carbocycles. The van der Waals surface area contributed by atoms with Crippen LogP contribution >= 0.6 is 12.4 Å². The van der Waals surface area contributed by atoms with E-state index in [2.05, 4.69) is 4.74 Å². The van der Waals surface area contributed by atoms with Crippen molar-refractivity contribution in [1.82, 2.24) is 0 Å². The lowest BCUT2D eigenvalue weighted by molar-refractivity contribution is -0.149. The van der Waals surface area contributed by atoms with Gasteiger partial charge in [0.2, 0.25) is 6.17 Å². The molecule has 0 aliphatic rings. The Labute approximate surface area is 120 Å². The zero-order valence-electron chi connectivity index (χ0n) is 10.6. The summed E-state index contributed by atoms with van der Waals surface area (Å²) < 4.78 is 18.2. The molecule has 112 valence electrons. The first-order valence-electron chi connectivity index (χ1n) is 5.51. The molecule has 0 saturated heterocycles. The number of hydrogen-bond donors (Lipinski definition) is 3. The van der Waals surface area contributed by atoms with Crippen LogP contribution in [0.25, 0.3) is 0 Å². The van der Waals surface area contributed by atoms with Gasteiger partial charge < -0.3 is 20.7 Å². The Morgan fingerprint density at radius 3 is 2.55 bits per heavy atom. The molecule has 1 aromatic carbocycles. The first kappa shape index (κ1) is 18.1. The van der Waals surface area contributed by atoms with Crippen LogP contribution in [0.4, 0.5) is 4.39 Å². The number of phenols is 1. The molecule has 0 aliphatic heterocycles. The lowest BCUT2D eigenvalue weighted by Gasteiger charge is -2.16. The van der Waals surface area contributed by atoms with Gasteiger partial charge in [0.25, 0.3) is 0 Å². The van der Waals surface area contributed by atoms with Gasteiger partial charge in [0, 0.05) is 0 Å². The summed E-state index contributed by atoms with van der Waals surface area (Å²) in [6, 6.07) is 1.99. The van der Waals surface area contributed by atoms with Crippen LogP contribution in [0.15, 0.2) is 18.2 Å². The van der Waals surface area contributed by atoms with E-state index < -0.39 is 35.5 Å². The third kappa shape index (κ3) is 4.07. The highest BCUT2D eigenvalue weighted by Gasteiger charge is 2.28. The van der Waals surface area contributed by atoms with Crippen molar-refractivity contribution < 1.29 is 28.9 Å². The standard InChI is InChI=1S/C12H14FNO5.ClH/c1-2-19-12(18)9(13)10(14)6-3-4-8(15)7(5-6)11(16)17;/h3-5,9-10,15H,2,14H2,1H3,(H,16,17);1H/t9?,10-;/m0./s1. The molecule has 0 aromatic heterocycles. The maximum Gasteiger partial charge on any atom is 0.342 e. The molecule has 8 heteroatoms. The van der Waals surface area contributed by atoms with E-state index in [9.17, 15) is 19.1 Å². The number of benzene rings is 1. The van der Waals surface area contributed by atoms with E-state index in [-0.39, 0.29) is 24.6 Å². The number of alkyl halides is 1. The molecule has 20 heavy (non-hydrogen) atoms. The Hall–Kier alpha value is -1.86. The summed E-state index contributed by atoms with van der Waals surface area (Å²) in [5, 5.41) is 18.1. The zero-order chi connectivity index (χ0) is 14.6. The number of carbonyl (C=O) groups is 2. The van der Waals surface area contributed by atoms with Crippen molar-refractivity contribution in [2.45, 2.75) is 19.1 Å². The van der Waals surface area contributed by atoms with Crippen LogP contribution in [0.2, 0.25) is 0 Å². The zero-order valence-corrected chi connectivity index (χ0v) is 11.4. The molecule has 0 bridgehead atoms. The van der Waals surface area contributed by atoms with Gasteiger partial charge in [-0.25, -0.2) is 14.0 Å². The van der Waals surface area contributed by atoms with Crippen molar-refractivity contribution in [3.05, 3.63) is 29.3 Å². The largest absolute Gasteiger partial charge is 0.507 e. The van der Waals surface area contributed by atoms with Gasteiger partial charge in [-0.1, -0.05) is 6.07 Å². The van der Waals surface area contributed by atoms with Crippen LogP contribution in [0, 0.1) is 0 Å². The molecule has 4 N–H and O–H groups in total. The fourth-order valence-corrected chi connectivity index (χ4v) is 1.47. The molecule has 0 amide bonds. The number of nitrogens with two attached hydrogens (primary N) is 1. The third-order valence-corrected chi connectivity index (χ3v) is 2.46. The van der Waals surface area contributed by atoms with E-state index in [0.29, 0.717) is 0 Å². The van der Waals surface area contributed by atoms with Gasteiger partial charge in [-0.3, -0.25) is 0 Å². The molecule has 1 aromatic rings. The Kier molecular flexibility index (Phi) is 6.95. The smallest absolute Gasteiger partial charge is 0.342 e. The molecule has 0 fully saturated rings. The number of hydrogen-bond acceptors (Lipinski definition) is 5. The first-order chi connectivity index (χ1) is 8.88. The van der Waals surface area contributed by atoms with Crippen LogP contribution in [0.1, 0.15) is 28.9 Å². The summed E-state index contributed by atoms with van der Waals surface area (Å²) in [4.78, 5) is 22.0. The Bertz CT molecular complexity index is 497. The number of carboxylic acids is 1. The summed E-state index contributed by atoms with van der Waals surface area (Å²) in [6.45, 7) is 1.54. The first-order valence-corrected chi connectivity index (χ1v) is 5.51. The number of aromatic carboxylic acids is 1. The van der Waals surface area contributed by atoms with Gasteiger partial charge in [-0.15, -0.1) is 12.4 Å². The quantitative estimate of drug-likeness (QED) is 0.710. The van der Waals surface area contributed by atoms with Crippen molar-refractivity contribution >= 4 is 24.3 Å². The van der Waals surface area contributed by atoms with E-state index in [1.807, 2.05) is 0 Å². The minimum absolute atomic E-state index is 0. The van der Waals surface area contributed by atoms with Crippen LogP contribution in [-0.4, -0.2) is 34.9 Å². The highest BCUT2D eigenvalue weighted by atomic mass is 35.5. The summed E-state index contributed by atoms with van der Waals surface area (Å²) in [5.41, 5.74) is 5.20. The third-order valence-electron chi connectivity index (χ3n) is 2.46. The number of halogens is 2. The van der Waals surface area contributed by atoms with Crippen molar-refractivity contribution in [1.29, 1.82) is 0 Å². The lowest BCUT2D eigenvalue weighted by atomic mass is 10.0. The van der Waals surface area contributed by atoms with Crippen LogP contribution in [0.3, 0.4) is 0 Å². The van der Waals surface area contributed by atoms with Crippen LogP contribution in [0.5, 0.6) is 5.75 Å². The highest BCUT2D eigenvalue weighted by molar-refractivity contribution is 5.91. The topological polar surface area (TPSA) is 110 Å². The van der Waals surface area contributed by atoms with Gasteiger partial charge in [0.15, 0.2) is 0 Å². The molecule has 6 nitrogen and oxygen atoms in total. The molecule has 0 radical (unpaired) electrons. The van der Waals surface area contributed by atoms with Crippen molar-refractivity contribution in [3.63, 3.8) is 0 Å². The molecule has 1 rings (SSSR count). The second-order valence-electron chi connectivity index (χ2n) is 3.76. The Morgan fingerprint density at radius 2 is 2.05 bits per heavy atom. The van der Waals surface area contributed by atoms with Crippen LogP contribution in [-0.2, 0) is 9.53 Å². The Balaban J connectivity index is 0.00000361. The van der Waals surface area contributed by atoms with Gasteiger partial charge in [-0.05, 0) is 24.6 Å². The van der Waals surface area contributed by atoms with Crippen molar-refractivity contribution in [2.75, 3.05) is 6.61 Å². The molecular weight excluding hydrogens is 293 g/mol. The van der Waals surface area contributed by atoms with Gasteiger partial charge in [-0.2, -0.15) is 0 Å². The summed E-state index contributed by atoms with van der Waals surface area (Å²) in [7, 11) is 0. The summed E-state index contributed by atoms with van der Waals surface area (Å²) in [6.07, 6.45) is -2.11. The van der Waals surface area contributed by atoms with E-state index in [0.717, 1.165) is 12.1 Å². The number of esters is 1. The maximum atomic E-state index is 13.7.